The Morgan fingerprint density at radius 1 is 0.619 bits per heavy atom. The zero-order chi connectivity index (χ0) is 15.3. The molecule has 3 rings (SSSR count). The van der Waals surface area contributed by atoms with Crippen LogP contribution < -0.4 is 0 Å². The highest BCUT2D eigenvalue weighted by molar-refractivity contribution is 5.25. The van der Waals surface area contributed by atoms with Crippen molar-refractivity contribution in [2.45, 2.75) is 20.8 Å². The van der Waals surface area contributed by atoms with Gasteiger partial charge in [0, 0.05) is 0 Å². The van der Waals surface area contributed by atoms with E-state index in [2.05, 4.69) is 42.0 Å². The largest absolute Gasteiger partial charge is 0.0702 e. The van der Waals surface area contributed by atoms with Gasteiger partial charge in [-0.25, -0.2) is 0 Å². The number of hydrogen-bond donors (Lipinski definition) is 0. The Hall–Kier alpha value is -2.70. The summed E-state index contributed by atoms with van der Waals surface area (Å²) in [4.78, 5) is 0. The predicted octanol–water partition coefficient (Wildman–Crippen LogP) is 5.62. The molecule has 1 aromatic carbocycles. The third kappa shape index (κ3) is 8.93. The van der Waals surface area contributed by atoms with Crippen molar-refractivity contribution < 1.29 is 0 Å². The van der Waals surface area contributed by atoms with Crippen molar-refractivity contribution >= 4 is 0 Å². The summed E-state index contributed by atoms with van der Waals surface area (Å²) in [5, 5.41) is 0. The highest BCUT2D eigenvalue weighted by atomic mass is 13.8. The first kappa shape index (κ1) is 16.4. The van der Waals surface area contributed by atoms with E-state index < -0.39 is 0 Å². The van der Waals surface area contributed by atoms with Crippen LogP contribution in [0.3, 0.4) is 0 Å². The van der Waals surface area contributed by atoms with Gasteiger partial charge in [-0.1, -0.05) is 71.0 Å². The molecule has 0 heterocycles. The van der Waals surface area contributed by atoms with E-state index in [9.17, 15) is 0 Å². The molecule has 0 saturated heterocycles. The Balaban J connectivity index is 0.000000157. The molecule has 0 bridgehead atoms. The zero-order valence-electron chi connectivity index (χ0n) is 12.9. The Bertz CT molecular complexity index is 653. The molecular weight excluding hydrogens is 252 g/mol. The monoisotopic (exact) mass is 272 g/mol. The standard InChI is InChI=1S/C7H8.2C7H6/c3*1-7-5-3-2-4-6-7/h2-6H,1H3;2*3,5-6H,1H3. The first-order valence-corrected chi connectivity index (χ1v) is 6.89. The minimum atomic E-state index is 1.23. The summed E-state index contributed by atoms with van der Waals surface area (Å²) in [7, 11) is 0. The van der Waals surface area contributed by atoms with Gasteiger partial charge in [0.05, 0.1) is 0 Å². The van der Waals surface area contributed by atoms with Gasteiger partial charge in [0.25, 0.3) is 0 Å². The van der Waals surface area contributed by atoms with Gasteiger partial charge in [-0.3, -0.25) is 0 Å². The minimum Gasteiger partial charge on any atom is -0.0702 e. The molecule has 104 valence electrons. The highest BCUT2D eigenvalue weighted by Crippen LogP contribution is 1.96. The number of rotatable bonds is 0. The summed E-state index contributed by atoms with van der Waals surface area (Å²) in [5.74, 6) is 0. The molecule has 0 heteroatoms. The molecule has 0 spiro atoms. The van der Waals surface area contributed by atoms with E-state index >= 15 is 0 Å². The van der Waals surface area contributed by atoms with Gasteiger partial charge >= 0.3 is 0 Å². The minimum absolute atomic E-state index is 1.23. The Labute approximate surface area is 127 Å². The Morgan fingerprint density at radius 3 is 1.29 bits per heavy atom. The number of benzene rings is 1. The second-order valence-electron chi connectivity index (χ2n) is 4.68. The highest BCUT2D eigenvalue weighted by Gasteiger charge is 1.76. The molecule has 0 aromatic heterocycles. The fourth-order valence-corrected chi connectivity index (χ4v) is 1.38. The molecule has 2 aliphatic rings. The van der Waals surface area contributed by atoms with E-state index in [1.165, 1.54) is 16.7 Å². The summed E-state index contributed by atoms with van der Waals surface area (Å²) in [5.41, 5.74) is 15.1. The van der Waals surface area contributed by atoms with Crippen molar-refractivity contribution in [2.24, 2.45) is 0 Å². The number of hydrogen-bond acceptors (Lipinski definition) is 0. The van der Waals surface area contributed by atoms with Gasteiger partial charge < -0.3 is 0 Å². The van der Waals surface area contributed by atoms with E-state index in [-0.39, 0.29) is 0 Å². The van der Waals surface area contributed by atoms with E-state index in [1.807, 2.05) is 68.5 Å². The normalized spacial score (nSPS) is 12.7. The summed E-state index contributed by atoms with van der Waals surface area (Å²) in [6.07, 6.45) is 11.5. The lowest BCUT2D eigenvalue weighted by atomic mass is 10.2. The number of aryl methyl sites for hydroxylation is 1. The van der Waals surface area contributed by atoms with Crippen LogP contribution in [0.4, 0.5) is 0 Å². The molecule has 0 nitrogen and oxygen atoms in total. The Kier molecular flexibility index (Phi) is 7.89. The van der Waals surface area contributed by atoms with Crippen LogP contribution in [-0.2, 0) is 0 Å². The van der Waals surface area contributed by atoms with Crippen molar-refractivity contribution in [2.75, 3.05) is 0 Å². The average molecular weight is 272 g/mol. The van der Waals surface area contributed by atoms with E-state index in [4.69, 9.17) is 0 Å². The SMILES string of the molecule is CC1=CC=C=C=C1.CC1=CC=C=C=C1.Cc1ccccc1. The van der Waals surface area contributed by atoms with Crippen LogP contribution in [0.15, 0.2) is 101 Å². The topological polar surface area (TPSA) is 0 Å². The molecule has 0 atom stereocenters. The molecule has 0 N–H and O–H groups in total. The fraction of sp³-hybridized carbons (Fsp3) is 0.143. The molecule has 0 radical (unpaired) electrons. The smallest absolute Gasteiger partial charge is 0.00858 e. The van der Waals surface area contributed by atoms with Crippen molar-refractivity contribution in [3.63, 3.8) is 0 Å². The van der Waals surface area contributed by atoms with Crippen molar-refractivity contribution in [3.05, 3.63) is 106 Å². The van der Waals surface area contributed by atoms with Gasteiger partial charge in [-0.15, -0.1) is 0 Å². The average Bonchev–Trinajstić information content (AvgIpc) is 2.51. The number of allylic oxidation sites excluding steroid dienone is 8. The van der Waals surface area contributed by atoms with Crippen LogP contribution in [0, 0.1) is 6.92 Å². The maximum absolute atomic E-state index is 2.84. The molecule has 0 amide bonds. The first-order valence-electron chi connectivity index (χ1n) is 6.89. The lowest BCUT2D eigenvalue weighted by molar-refractivity contribution is 1.48. The van der Waals surface area contributed by atoms with Gasteiger partial charge in [-0.05, 0) is 56.2 Å². The third-order valence-electron chi connectivity index (χ3n) is 2.57. The van der Waals surface area contributed by atoms with Crippen LogP contribution >= 0.6 is 0 Å². The molecule has 1 aromatic rings. The van der Waals surface area contributed by atoms with Gasteiger partial charge in [0.2, 0.25) is 0 Å². The maximum atomic E-state index is 2.84. The second-order valence-corrected chi connectivity index (χ2v) is 4.68. The van der Waals surface area contributed by atoms with Crippen molar-refractivity contribution in [1.82, 2.24) is 0 Å². The van der Waals surface area contributed by atoms with Crippen LogP contribution in [-0.4, -0.2) is 0 Å². The fourth-order valence-electron chi connectivity index (χ4n) is 1.38. The van der Waals surface area contributed by atoms with E-state index in [1.54, 1.807) is 0 Å². The second kappa shape index (κ2) is 10.1. The molecule has 0 saturated carbocycles. The van der Waals surface area contributed by atoms with Crippen molar-refractivity contribution in [3.8, 4) is 0 Å². The first-order chi connectivity index (χ1) is 10.2. The Morgan fingerprint density at radius 2 is 1.10 bits per heavy atom. The summed E-state index contributed by atoms with van der Waals surface area (Å²) in [6, 6.07) is 10.3. The molecule has 0 fully saturated rings. The molecule has 0 unspecified atom stereocenters. The van der Waals surface area contributed by atoms with Gasteiger partial charge in [0.15, 0.2) is 0 Å². The zero-order valence-corrected chi connectivity index (χ0v) is 12.9. The molecule has 0 aliphatic heterocycles. The van der Waals surface area contributed by atoms with Crippen molar-refractivity contribution in [1.29, 1.82) is 0 Å². The lowest BCUT2D eigenvalue weighted by Crippen LogP contribution is -1.63. The lowest BCUT2D eigenvalue weighted by Gasteiger charge is -1.83. The van der Waals surface area contributed by atoms with Gasteiger partial charge in [-0.2, -0.15) is 0 Å². The summed E-state index contributed by atoms with van der Waals surface area (Å²) >= 11 is 0. The van der Waals surface area contributed by atoms with E-state index in [0.29, 0.717) is 0 Å². The quantitative estimate of drug-likeness (QED) is 0.538. The van der Waals surface area contributed by atoms with Crippen LogP contribution in [0.2, 0.25) is 0 Å². The molecule has 21 heavy (non-hydrogen) atoms. The predicted molar refractivity (Wildman–Crippen MR) is 91.0 cm³/mol. The third-order valence-corrected chi connectivity index (χ3v) is 2.57. The van der Waals surface area contributed by atoms with Gasteiger partial charge in [0.1, 0.15) is 0 Å². The van der Waals surface area contributed by atoms with Crippen LogP contribution in [0.1, 0.15) is 19.4 Å². The van der Waals surface area contributed by atoms with Crippen LogP contribution in [0.5, 0.6) is 0 Å². The molecular formula is C21H20. The summed E-state index contributed by atoms with van der Waals surface area (Å²) < 4.78 is 0. The summed E-state index contributed by atoms with van der Waals surface area (Å²) in [6.45, 7) is 6.15. The van der Waals surface area contributed by atoms with Crippen LogP contribution in [0.25, 0.3) is 0 Å². The van der Waals surface area contributed by atoms with E-state index in [0.717, 1.165) is 0 Å². The maximum Gasteiger partial charge on any atom is -0.00858 e. The molecule has 2 aliphatic carbocycles.